The maximum atomic E-state index is 12.3. The summed E-state index contributed by atoms with van der Waals surface area (Å²) in [7, 11) is 0. The summed E-state index contributed by atoms with van der Waals surface area (Å²) in [5.41, 5.74) is 2.52. The average Bonchev–Trinajstić information content (AvgIpc) is 2.51. The molecule has 0 aromatic heterocycles. The highest BCUT2D eigenvalue weighted by molar-refractivity contribution is 5.77. The van der Waals surface area contributed by atoms with Crippen LogP contribution in [0.2, 0.25) is 0 Å². The van der Waals surface area contributed by atoms with Crippen molar-refractivity contribution in [2.45, 2.75) is 52.4 Å². The zero-order valence-corrected chi connectivity index (χ0v) is 16.1. The zero-order chi connectivity index (χ0) is 18.0. The molecule has 0 unspecified atom stereocenters. The maximum absolute atomic E-state index is 12.3. The van der Waals surface area contributed by atoms with E-state index in [4.69, 9.17) is 4.74 Å². The molecule has 134 valence electrons. The van der Waals surface area contributed by atoms with Gasteiger partial charge < -0.3 is 15.0 Å². The van der Waals surface area contributed by atoms with Crippen molar-refractivity contribution in [1.29, 1.82) is 0 Å². The third-order valence-electron chi connectivity index (χ3n) is 4.56. The Kier molecular flexibility index (Phi) is 5.59. The Bertz CT molecular complexity index is 576. The number of piperazine rings is 1. The lowest BCUT2D eigenvalue weighted by atomic mass is 9.80. The fourth-order valence-corrected chi connectivity index (χ4v) is 2.94. The minimum atomic E-state index is -0.0281. The molecular weight excluding hydrogens is 300 g/mol. The second kappa shape index (κ2) is 7.14. The summed E-state index contributed by atoms with van der Waals surface area (Å²) >= 11 is 0. The molecule has 0 spiro atoms. The molecule has 0 bridgehead atoms. The molecule has 4 nitrogen and oxygen atoms in total. The van der Waals surface area contributed by atoms with Gasteiger partial charge in [0.15, 0.2) is 6.61 Å². The van der Waals surface area contributed by atoms with Crippen LogP contribution in [0.3, 0.4) is 0 Å². The van der Waals surface area contributed by atoms with Crippen LogP contribution in [0.4, 0.5) is 0 Å². The van der Waals surface area contributed by atoms with E-state index in [-0.39, 0.29) is 23.3 Å². The lowest BCUT2D eigenvalue weighted by Crippen LogP contribution is -2.90. The van der Waals surface area contributed by atoms with E-state index in [1.54, 1.807) is 0 Å². The number of carbonyl (C=O) groups excluding carboxylic acids is 1. The monoisotopic (exact) mass is 333 g/mol. The van der Waals surface area contributed by atoms with E-state index in [0.717, 1.165) is 37.5 Å². The standard InChI is InChI=1S/C20H32N2O2/c1-19(2,3)15-7-8-17(16(13-15)20(4,5)6)24-14-18(23)22-11-9-21-10-12-22/h7-8,13,21H,9-12,14H2,1-6H3/p+1. The first-order valence-electron chi connectivity index (χ1n) is 8.96. The Morgan fingerprint density at radius 3 is 2.25 bits per heavy atom. The molecule has 1 aromatic rings. The average molecular weight is 333 g/mol. The molecule has 0 radical (unpaired) electrons. The third-order valence-corrected chi connectivity index (χ3v) is 4.56. The van der Waals surface area contributed by atoms with Crippen LogP contribution in [0.25, 0.3) is 0 Å². The number of quaternary nitrogens is 1. The van der Waals surface area contributed by atoms with E-state index >= 15 is 0 Å². The normalized spacial score (nSPS) is 16.2. The predicted molar refractivity (Wildman–Crippen MR) is 97.6 cm³/mol. The third kappa shape index (κ3) is 4.73. The van der Waals surface area contributed by atoms with Crippen molar-refractivity contribution in [2.24, 2.45) is 0 Å². The van der Waals surface area contributed by atoms with Gasteiger partial charge in [-0.3, -0.25) is 4.79 Å². The smallest absolute Gasteiger partial charge is 0.260 e. The highest BCUT2D eigenvalue weighted by atomic mass is 16.5. The quantitative estimate of drug-likeness (QED) is 0.920. The van der Waals surface area contributed by atoms with Crippen molar-refractivity contribution in [3.8, 4) is 5.75 Å². The SMILES string of the molecule is CC(C)(C)c1ccc(OCC(=O)N2CC[NH2+]CC2)c(C(C)(C)C)c1. The summed E-state index contributed by atoms with van der Waals surface area (Å²) in [5, 5.41) is 2.24. The van der Waals surface area contributed by atoms with E-state index in [0.29, 0.717) is 0 Å². The molecule has 1 amide bonds. The molecule has 1 saturated heterocycles. The van der Waals surface area contributed by atoms with E-state index in [1.807, 2.05) is 11.0 Å². The van der Waals surface area contributed by atoms with Crippen LogP contribution < -0.4 is 10.1 Å². The molecule has 2 rings (SSSR count). The number of hydrogen-bond acceptors (Lipinski definition) is 2. The Balaban J connectivity index is 2.15. The number of amides is 1. The molecule has 0 saturated carbocycles. The highest BCUT2D eigenvalue weighted by Crippen LogP contribution is 2.35. The molecule has 1 heterocycles. The van der Waals surface area contributed by atoms with Gasteiger partial charge in [0.2, 0.25) is 0 Å². The summed E-state index contributed by atoms with van der Waals surface area (Å²) in [5.74, 6) is 0.912. The number of nitrogens with two attached hydrogens (primary N) is 1. The fourth-order valence-electron chi connectivity index (χ4n) is 2.94. The molecule has 1 aliphatic heterocycles. The summed E-state index contributed by atoms with van der Waals surface area (Å²) in [6.45, 7) is 16.9. The van der Waals surface area contributed by atoms with Gasteiger partial charge in [0.25, 0.3) is 5.91 Å². The second-order valence-corrected chi connectivity index (χ2v) is 8.75. The van der Waals surface area contributed by atoms with Gasteiger partial charge in [0.05, 0.1) is 26.2 Å². The van der Waals surface area contributed by atoms with Crippen molar-refractivity contribution in [3.05, 3.63) is 29.3 Å². The van der Waals surface area contributed by atoms with Gasteiger partial charge >= 0.3 is 0 Å². The van der Waals surface area contributed by atoms with Crippen LogP contribution in [0.5, 0.6) is 5.75 Å². The number of hydrogen-bond donors (Lipinski definition) is 1. The minimum Gasteiger partial charge on any atom is -0.483 e. The van der Waals surface area contributed by atoms with Gasteiger partial charge in [-0.2, -0.15) is 0 Å². The van der Waals surface area contributed by atoms with Crippen LogP contribution in [-0.4, -0.2) is 43.6 Å². The molecular formula is C20H33N2O2+. The van der Waals surface area contributed by atoms with Crippen LogP contribution in [0, 0.1) is 0 Å². The largest absolute Gasteiger partial charge is 0.483 e. The zero-order valence-electron chi connectivity index (χ0n) is 16.1. The topological polar surface area (TPSA) is 46.1 Å². The molecule has 4 heteroatoms. The molecule has 1 aromatic carbocycles. The Morgan fingerprint density at radius 1 is 1.08 bits per heavy atom. The summed E-state index contributed by atoms with van der Waals surface area (Å²) in [6, 6.07) is 6.37. The molecule has 2 N–H and O–H groups in total. The van der Waals surface area contributed by atoms with Crippen molar-refractivity contribution in [1.82, 2.24) is 4.90 Å². The van der Waals surface area contributed by atoms with E-state index in [9.17, 15) is 4.79 Å². The first-order chi connectivity index (χ1) is 11.1. The maximum Gasteiger partial charge on any atom is 0.260 e. The summed E-state index contributed by atoms with van der Waals surface area (Å²) in [6.07, 6.45) is 0. The molecule has 1 fully saturated rings. The minimum absolute atomic E-state index is 0.0281. The van der Waals surface area contributed by atoms with Gasteiger partial charge in [0, 0.05) is 0 Å². The van der Waals surface area contributed by atoms with Gasteiger partial charge in [-0.25, -0.2) is 0 Å². The number of carbonyl (C=O) groups is 1. The van der Waals surface area contributed by atoms with Crippen molar-refractivity contribution < 1.29 is 14.8 Å². The molecule has 24 heavy (non-hydrogen) atoms. The van der Waals surface area contributed by atoms with E-state index < -0.39 is 0 Å². The van der Waals surface area contributed by atoms with Crippen molar-refractivity contribution >= 4 is 5.91 Å². The summed E-state index contributed by atoms with van der Waals surface area (Å²) in [4.78, 5) is 14.2. The van der Waals surface area contributed by atoms with Crippen LogP contribution in [-0.2, 0) is 15.6 Å². The Hall–Kier alpha value is -1.55. The van der Waals surface area contributed by atoms with E-state index in [1.165, 1.54) is 5.56 Å². The first-order valence-corrected chi connectivity index (χ1v) is 8.96. The van der Waals surface area contributed by atoms with Gasteiger partial charge in [-0.15, -0.1) is 0 Å². The van der Waals surface area contributed by atoms with Gasteiger partial charge in [0.1, 0.15) is 5.75 Å². The summed E-state index contributed by atoms with van der Waals surface area (Å²) < 4.78 is 5.94. The Morgan fingerprint density at radius 2 is 1.71 bits per heavy atom. The highest BCUT2D eigenvalue weighted by Gasteiger charge is 2.24. The van der Waals surface area contributed by atoms with Crippen molar-refractivity contribution in [2.75, 3.05) is 32.8 Å². The van der Waals surface area contributed by atoms with E-state index in [2.05, 4.69) is 59.0 Å². The van der Waals surface area contributed by atoms with Crippen molar-refractivity contribution in [3.63, 3.8) is 0 Å². The number of rotatable bonds is 3. The van der Waals surface area contributed by atoms with Gasteiger partial charge in [-0.1, -0.05) is 53.7 Å². The molecule has 0 atom stereocenters. The predicted octanol–water partition coefficient (Wildman–Crippen LogP) is 2.07. The lowest BCUT2D eigenvalue weighted by Gasteiger charge is -2.28. The Labute approximate surface area is 146 Å². The molecule has 1 aliphatic rings. The first kappa shape index (κ1) is 18.8. The number of benzene rings is 1. The van der Waals surface area contributed by atoms with Gasteiger partial charge in [-0.05, 0) is 28.0 Å². The molecule has 0 aliphatic carbocycles. The lowest BCUT2D eigenvalue weighted by molar-refractivity contribution is -0.662. The van der Waals surface area contributed by atoms with Crippen LogP contribution in [0.15, 0.2) is 18.2 Å². The van der Waals surface area contributed by atoms with Crippen LogP contribution in [0.1, 0.15) is 52.7 Å². The number of ether oxygens (including phenoxy) is 1. The van der Waals surface area contributed by atoms with Crippen LogP contribution >= 0.6 is 0 Å². The second-order valence-electron chi connectivity index (χ2n) is 8.75. The number of nitrogens with zero attached hydrogens (tertiary/aromatic N) is 1. The fraction of sp³-hybridized carbons (Fsp3) is 0.650.